The predicted octanol–water partition coefficient (Wildman–Crippen LogP) is 7.73. The van der Waals surface area contributed by atoms with Crippen LogP contribution in [0.4, 0.5) is 17.5 Å². The van der Waals surface area contributed by atoms with Crippen LogP contribution in [0.15, 0.2) is 88.8 Å². The maximum Gasteiger partial charge on any atom is 0.255 e. The van der Waals surface area contributed by atoms with Crippen molar-refractivity contribution in [3.63, 3.8) is 0 Å². The van der Waals surface area contributed by atoms with Crippen LogP contribution in [0.5, 0.6) is 0 Å². The quantitative estimate of drug-likeness (QED) is 0.0418. The molecule has 8 rings (SSSR count). The molecule has 3 fully saturated rings. The number of nitrogens with two attached hydrogens (primary N) is 1. The minimum Gasteiger partial charge on any atom is -0.391 e. The number of carbonyl (C=O) groups excluding carboxylic acids is 4. The van der Waals surface area contributed by atoms with Gasteiger partial charge in [-0.3, -0.25) is 19.2 Å². The number of rotatable bonds is 22. The van der Waals surface area contributed by atoms with Gasteiger partial charge in [-0.2, -0.15) is 0 Å². The molecule has 18 nitrogen and oxygen atoms in total. The van der Waals surface area contributed by atoms with Crippen molar-refractivity contribution in [1.82, 2.24) is 40.5 Å². The Labute approximate surface area is 454 Å². The van der Waals surface area contributed by atoms with E-state index < -0.39 is 35.4 Å². The number of hydrogen-bond acceptors (Lipinski definition) is 16. The number of aliphatic hydroxyl groups is 1. The number of nitrogens with one attached hydrogen (secondary N) is 3. The molecule has 3 aliphatic heterocycles. The minimum absolute atomic E-state index is 0.0214. The van der Waals surface area contributed by atoms with Gasteiger partial charge in [0.2, 0.25) is 23.7 Å². The molecule has 2 aromatic carbocycles. The zero-order valence-electron chi connectivity index (χ0n) is 44.7. The first-order valence-corrected chi connectivity index (χ1v) is 28.3. The van der Waals surface area contributed by atoms with Gasteiger partial charge >= 0.3 is 0 Å². The number of anilines is 3. The van der Waals surface area contributed by atoms with E-state index >= 15 is 0 Å². The highest BCUT2D eigenvalue weighted by Gasteiger charge is 2.45. The SMILES string of the molecule is Cc1ncsc1-c1ccc([C@H](C)NC(=O)[C@@H]2C[C@@H](O)CN2C(=O)[C@@H](NC(=O)c2cnc(N3CC(OCCCCCCCCC(=O)Nc4ccc(Sc5cnc(N6CCC(C)(N)CC6)cn5)cc4)C3)nc2)C(C)(C)C)cc1. The number of piperidine rings is 1. The van der Waals surface area contributed by atoms with E-state index in [4.69, 9.17) is 10.5 Å². The Morgan fingerprint density at radius 3 is 2.18 bits per heavy atom. The second kappa shape index (κ2) is 25.4. The minimum atomic E-state index is -1.00. The van der Waals surface area contributed by atoms with Crippen molar-refractivity contribution in [1.29, 1.82) is 0 Å². The van der Waals surface area contributed by atoms with Crippen LogP contribution in [0, 0.1) is 12.3 Å². The zero-order chi connectivity index (χ0) is 54.0. The Morgan fingerprint density at radius 1 is 0.855 bits per heavy atom. The van der Waals surface area contributed by atoms with Crippen LogP contribution in [0.3, 0.4) is 0 Å². The van der Waals surface area contributed by atoms with Gasteiger partial charge in [0.15, 0.2) is 0 Å². The van der Waals surface area contributed by atoms with Gasteiger partial charge in [0.1, 0.15) is 22.9 Å². The summed E-state index contributed by atoms with van der Waals surface area (Å²) in [5, 5.41) is 20.5. The number of likely N-dealkylation sites (tertiary alicyclic amines) is 1. The first-order chi connectivity index (χ1) is 36.4. The van der Waals surface area contributed by atoms with E-state index in [-0.39, 0.29) is 48.0 Å². The number of ether oxygens (including phenoxy) is 1. The molecule has 4 amide bonds. The highest BCUT2D eigenvalue weighted by molar-refractivity contribution is 7.99. The molecule has 0 aliphatic carbocycles. The van der Waals surface area contributed by atoms with E-state index in [1.54, 1.807) is 11.3 Å². The van der Waals surface area contributed by atoms with Crippen LogP contribution in [-0.4, -0.2) is 128 Å². The molecular formula is C56H74N12O6S2. The fraction of sp³-hybridized carbons (Fsp3) is 0.518. The largest absolute Gasteiger partial charge is 0.391 e. The molecule has 76 heavy (non-hydrogen) atoms. The van der Waals surface area contributed by atoms with Crippen LogP contribution in [0.2, 0.25) is 0 Å². The third-order valence-corrected chi connectivity index (χ3v) is 16.3. The number of nitrogens with zero attached hydrogens (tertiary/aromatic N) is 8. The van der Waals surface area contributed by atoms with Gasteiger partial charge in [0.25, 0.3) is 5.91 Å². The van der Waals surface area contributed by atoms with Gasteiger partial charge in [0.05, 0.1) is 52.3 Å². The third-order valence-electron chi connectivity index (χ3n) is 14.4. The number of β-amino-alcohol motifs (C(OH)–C–C–N with tert-alkyl or cyclic N) is 1. The van der Waals surface area contributed by atoms with Crippen molar-refractivity contribution in [2.45, 2.75) is 152 Å². The summed E-state index contributed by atoms with van der Waals surface area (Å²) in [6, 6.07) is 13.5. The van der Waals surface area contributed by atoms with E-state index in [2.05, 4.69) is 52.7 Å². The highest BCUT2D eigenvalue weighted by Crippen LogP contribution is 2.32. The van der Waals surface area contributed by atoms with Crippen molar-refractivity contribution in [3.8, 4) is 10.4 Å². The maximum atomic E-state index is 14.2. The fourth-order valence-corrected chi connectivity index (χ4v) is 11.1. The number of hydrogen-bond donors (Lipinski definition) is 5. The second-order valence-electron chi connectivity index (χ2n) is 21.9. The lowest BCUT2D eigenvalue weighted by molar-refractivity contribution is -0.142. The highest BCUT2D eigenvalue weighted by atomic mass is 32.2. The number of aliphatic hydroxyl groups excluding tert-OH is 1. The number of aromatic nitrogens is 5. The lowest BCUT2D eigenvalue weighted by Crippen LogP contribution is -2.57. The number of carbonyl (C=O) groups is 4. The number of thiazole rings is 1. The van der Waals surface area contributed by atoms with Crippen molar-refractivity contribution in [2.75, 3.05) is 54.4 Å². The third kappa shape index (κ3) is 15.1. The molecule has 3 saturated heterocycles. The Bertz CT molecular complexity index is 2720. The molecule has 5 aromatic rings. The number of aryl methyl sites for hydroxylation is 1. The maximum absolute atomic E-state index is 14.2. The summed E-state index contributed by atoms with van der Waals surface area (Å²) in [6.07, 6.45) is 14.2. The monoisotopic (exact) mass is 1070 g/mol. The topological polar surface area (TPSA) is 234 Å². The molecule has 406 valence electrons. The molecule has 6 N–H and O–H groups in total. The van der Waals surface area contributed by atoms with E-state index in [0.29, 0.717) is 32.1 Å². The first kappa shape index (κ1) is 56.2. The first-order valence-electron chi connectivity index (χ1n) is 26.6. The van der Waals surface area contributed by atoms with Gasteiger partial charge in [-0.25, -0.2) is 24.9 Å². The fourth-order valence-electron chi connectivity index (χ4n) is 9.61. The van der Waals surface area contributed by atoms with Gasteiger partial charge < -0.3 is 46.2 Å². The lowest BCUT2D eigenvalue weighted by atomic mass is 9.85. The summed E-state index contributed by atoms with van der Waals surface area (Å²) in [7, 11) is 0. The molecule has 3 aliphatic rings. The van der Waals surface area contributed by atoms with Gasteiger partial charge in [0, 0.05) is 80.7 Å². The van der Waals surface area contributed by atoms with E-state index in [9.17, 15) is 24.3 Å². The predicted molar refractivity (Wildman–Crippen MR) is 297 cm³/mol. The summed E-state index contributed by atoms with van der Waals surface area (Å²) in [6.45, 7) is 15.2. The summed E-state index contributed by atoms with van der Waals surface area (Å²) in [4.78, 5) is 84.4. The number of amides is 4. The molecule has 0 unspecified atom stereocenters. The molecule has 3 aromatic heterocycles. The molecule has 0 radical (unpaired) electrons. The van der Waals surface area contributed by atoms with Crippen LogP contribution < -0.4 is 31.5 Å². The standard InChI is InChI=1S/C56H74N12O6S2/c1-36(38-14-16-39(17-15-38)49-37(2)62-35-75-49)63-52(72)45-27-42(69)32-68(45)53(73)50(55(3,4)5)65-51(71)40-28-60-54(61-29-40)67-33-43(34-67)74-26-12-10-8-7-9-11-13-47(70)64-41-18-20-44(21-19-41)76-48-31-58-46(30-59-48)66-24-22-56(6,57)23-25-66/h14-21,28-31,35-36,42-43,45,50,69H,7-13,22-27,32-34,57H2,1-6H3,(H,63,72)(H,64,70)(H,65,71)/t36-,42+,45-,50+/m0/s1. The smallest absolute Gasteiger partial charge is 0.255 e. The Balaban J connectivity index is 0.681. The average Bonchev–Trinajstić information content (AvgIpc) is 4.01. The van der Waals surface area contributed by atoms with Crippen LogP contribution in [0.1, 0.15) is 126 Å². The Morgan fingerprint density at radius 2 is 1.54 bits per heavy atom. The van der Waals surface area contributed by atoms with Crippen molar-refractivity contribution >= 4 is 64.2 Å². The molecule has 0 spiro atoms. The molecule has 0 saturated carbocycles. The summed E-state index contributed by atoms with van der Waals surface area (Å²) < 4.78 is 6.10. The van der Waals surface area contributed by atoms with E-state index in [0.717, 1.165) is 108 Å². The average molecular weight is 1080 g/mol. The van der Waals surface area contributed by atoms with Crippen LogP contribution in [-0.2, 0) is 19.1 Å². The van der Waals surface area contributed by atoms with Crippen LogP contribution >= 0.6 is 23.1 Å². The molecule has 20 heteroatoms. The Hall–Kier alpha value is -6.06. The van der Waals surface area contributed by atoms with Crippen molar-refractivity contribution in [3.05, 3.63) is 95.6 Å². The summed E-state index contributed by atoms with van der Waals surface area (Å²) in [5.41, 5.74) is 11.1. The number of unbranched alkanes of at least 4 members (excludes halogenated alkanes) is 5. The van der Waals surface area contributed by atoms with Gasteiger partial charge in [-0.1, -0.05) is 82.5 Å². The summed E-state index contributed by atoms with van der Waals surface area (Å²) in [5.74, 6) is 0.0518. The van der Waals surface area contributed by atoms with Crippen molar-refractivity contribution < 1.29 is 29.0 Å². The molecular weight excluding hydrogens is 1000 g/mol. The zero-order valence-corrected chi connectivity index (χ0v) is 46.3. The van der Waals surface area contributed by atoms with Crippen molar-refractivity contribution in [2.24, 2.45) is 11.1 Å². The molecule has 0 bridgehead atoms. The lowest BCUT2D eigenvalue weighted by Gasteiger charge is -2.38. The van der Waals surface area contributed by atoms with Gasteiger partial charge in [-0.05, 0) is 87.3 Å². The Kier molecular flexibility index (Phi) is 18.8. The van der Waals surface area contributed by atoms with E-state index in [1.165, 1.54) is 29.1 Å². The normalized spacial score (nSPS) is 18.4. The van der Waals surface area contributed by atoms with E-state index in [1.807, 2.05) is 106 Å². The molecule has 6 heterocycles. The number of benzene rings is 2. The van der Waals surface area contributed by atoms with Gasteiger partial charge in [-0.15, -0.1) is 11.3 Å². The molecule has 4 atom stereocenters. The van der Waals surface area contributed by atoms with Crippen LogP contribution in [0.25, 0.3) is 10.4 Å². The summed E-state index contributed by atoms with van der Waals surface area (Å²) >= 11 is 3.11. The second-order valence-corrected chi connectivity index (χ2v) is 23.8.